The van der Waals surface area contributed by atoms with Gasteiger partial charge in [-0.2, -0.15) is 0 Å². The SMILES string of the molecule is Cn1cc(NC(=O)C2(c3cccc(Cl)c3)CC2)ccc1=O. The second-order valence-corrected chi connectivity index (χ2v) is 5.85. The van der Waals surface area contributed by atoms with Crippen molar-refractivity contribution in [2.45, 2.75) is 18.3 Å². The molecule has 0 unspecified atom stereocenters. The second kappa shape index (κ2) is 5.04. The molecule has 1 saturated carbocycles. The molecule has 0 spiro atoms. The average Bonchev–Trinajstić information content (AvgIpc) is 3.24. The van der Waals surface area contributed by atoms with Crippen molar-refractivity contribution in [3.8, 4) is 0 Å². The molecule has 1 aliphatic carbocycles. The van der Waals surface area contributed by atoms with E-state index in [2.05, 4.69) is 5.32 Å². The van der Waals surface area contributed by atoms with E-state index in [1.807, 2.05) is 18.2 Å². The van der Waals surface area contributed by atoms with Crippen molar-refractivity contribution in [3.05, 3.63) is 63.5 Å². The molecule has 1 aromatic carbocycles. The van der Waals surface area contributed by atoms with E-state index >= 15 is 0 Å². The number of hydrogen-bond acceptors (Lipinski definition) is 2. The number of nitrogens with zero attached hydrogens (tertiary/aromatic N) is 1. The Balaban J connectivity index is 1.85. The highest BCUT2D eigenvalue weighted by molar-refractivity contribution is 6.30. The first-order valence-corrected chi connectivity index (χ1v) is 7.13. The van der Waals surface area contributed by atoms with E-state index in [0.717, 1.165) is 18.4 Å². The average molecular weight is 303 g/mol. The zero-order valence-electron chi connectivity index (χ0n) is 11.6. The van der Waals surface area contributed by atoms with Crippen LogP contribution in [-0.2, 0) is 17.3 Å². The van der Waals surface area contributed by atoms with Crippen LogP contribution in [0.3, 0.4) is 0 Å². The fraction of sp³-hybridized carbons (Fsp3) is 0.250. The van der Waals surface area contributed by atoms with Crippen molar-refractivity contribution in [2.24, 2.45) is 7.05 Å². The van der Waals surface area contributed by atoms with E-state index in [0.29, 0.717) is 10.7 Å². The predicted octanol–water partition coefficient (Wildman–Crippen LogP) is 2.71. The lowest BCUT2D eigenvalue weighted by molar-refractivity contribution is -0.118. The molecule has 1 fully saturated rings. The van der Waals surface area contributed by atoms with Gasteiger partial charge in [0.05, 0.1) is 11.1 Å². The molecule has 2 aromatic rings. The van der Waals surface area contributed by atoms with Crippen LogP contribution in [-0.4, -0.2) is 10.5 Å². The molecule has 1 N–H and O–H groups in total. The highest BCUT2D eigenvalue weighted by Gasteiger charge is 2.51. The summed E-state index contributed by atoms with van der Waals surface area (Å²) in [7, 11) is 1.65. The Labute approximate surface area is 127 Å². The molecule has 0 saturated heterocycles. The van der Waals surface area contributed by atoms with Crippen LogP contribution in [0.1, 0.15) is 18.4 Å². The van der Waals surface area contributed by atoms with E-state index in [1.165, 1.54) is 10.6 Å². The fourth-order valence-corrected chi connectivity index (χ4v) is 2.67. The van der Waals surface area contributed by atoms with Crippen LogP contribution < -0.4 is 10.9 Å². The lowest BCUT2D eigenvalue weighted by Gasteiger charge is -2.16. The van der Waals surface area contributed by atoms with Crippen LogP contribution >= 0.6 is 11.6 Å². The van der Waals surface area contributed by atoms with E-state index < -0.39 is 5.41 Å². The topological polar surface area (TPSA) is 51.1 Å². The summed E-state index contributed by atoms with van der Waals surface area (Å²) in [5.74, 6) is -0.0524. The zero-order chi connectivity index (χ0) is 15.0. The monoisotopic (exact) mass is 302 g/mol. The Bertz CT molecular complexity index is 763. The predicted molar refractivity (Wildman–Crippen MR) is 82.7 cm³/mol. The summed E-state index contributed by atoms with van der Waals surface area (Å²) in [6, 6.07) is 10.5. The number of nitrogens with one attached hydrogen (secondary N) is 1. The molecule has 108 valence electrons. The van der Waals surface area contributed by atoms with Crippen LogP contribution in [0, 0.1) is 0 Å². The van der Waals surface area contributed by atoms with Crippen molar-refractivity contribution >= 4 is 23.2 Å². The van der Waals surface area contributed by atoms with E-state index in [1.54, 1.807) is 25.4 Å². The molecule has 4 nitrogen and oxygen atoms in total. The second-order valence-electron chi connectivity index (χ2n) is 5.41. The molecule has 21 heavy (non-hydrogen) atoms. The number of carbonyl (C=O) groups is 1. The van der Waals surface area contributed by atoms with Gasteiger partial charge in [-0.25, -0.2) is 0 Å². The number of aromatic nitrogens is 1. The first kappa shape index (κ1) is 13.9. The summed E-state index contributed by atoms with van der Waals surface area (Å²) in [6.07, 6.45) is 3.24. The minimum atomic E-state index is -0.487. The molecule has 5 heteroatoms. The maximum atomic E-state index is 12.6. The van der Waals surface area contributed by atoms with Crippen molar-refractivity contribution in [1.82, 2.24) is 4.57 Å². The molecule has 1 amide bonds. The number of anilines is 1. The summed E-state index contributed by atoms with van der Waals surface area (Å²) < 4.78 is 1.44. The van der Waals surface area contributed by atoms with Crippen LogP contribution in [0.15, 0.2) is 47.4 Å². The number of pyridine rings is 1. The van der Waals surface area contributed by atoms with Gasteiger partial charge in [0.25, 0.3) is 0 Å². The molecule has 1 heterocycles. The van der Waals surface area contributed by atoms with Crippen LogP contribution in [0.5, 0.6) is 0 Å². The van der Waals surface area contributed by atoms with Gasteiger partial charge in [0.15, 0.2) is 0 Å². The minimum absolute atomic E-state index is 0.0524. The molecular formula is C16H15ClN2O2. The van der Waals surface area contributed by atoms with Crippen molar-refractivity contribution in [1.29, 1.82) is 0 Å². The summed E-state index contributed by atoms with van der Waals surface area (Å²) >= 11 is 6.01. The molecule has 1 aromatic heterocycles. The first-order chi connectivity index (χ1) is 10.0. The van der Waals surface area contributed by atoms with Gasteiger partial charge in [0.2, 0.25) is 11.5 Å². The number of carbonyl (C=O) groups excluding carboxylic acids is 1. The Morgan fingerprint density at radius 1 is 1.29 bits per heavy atom. The van der Waals surface area contributed by atoms with E-state index in [9.17, 15) is 9.59 Å². The Hall–Kier alpha value is -2.07. The van der Waals surface area contributed by atoms with Crippen LogP contribution in [0.25, 0.3) is 0 Å². The van der Waals surface area contributed by atoms with Gasteiger partial charge >= 0.3 is 0 Å². The molecule has 0 bridgehead atoms. The third-order valence-corrected chi connectivity index (χ3v) is 4.14. The Morgan fingerprint density at radius 2 is 2.05 bits per heavy atom. The maximum absolute atomic E-state index is 12.6. The largest absolute Gasteiger partial charge is 0.324 e. The standard InChI is InChI=1S/C16H15ClN2O2/c1-19-10-13(5-6-14(19)20)18-15(21)16(7-8-16)11-3-2-4-12(17)9-11/h2-6,9-10H,7-8H2,1H3,(H,18,21). The third-order valence-electron chi connectivity index (χ3n) is 3.91. The normalized spacial score (nSPS) is 15.5. The van der Waals surface area contributed by atoms with Gasteiger partial charge in [-0.05, 0) is 36.6 Å². The van der Waals surface area contributed by atoms with Crippen LogP contribution in [0.2, 0.25) is 5.02 Å². The number of rotatable bonds is 3. The lowest BCUT2D eigenvalue weighted by Crippen LogP contribution is -2.28. The van der Waals surface area contributed by atoms with Gasteiger partial charge in [-0.3, -0.25) is 9.59 Å². The van der Waals surface area contributed by atoms with Gasteiger partial charge in [-0.15, -0.1) is 0 Å². The Kier molecular flexibility index (Phi) is 3.33. The zero-order valence-corrected chi connectivity index (χ0v) is 12.4. The molecule has 0 radical (unpaired) electrons. The number of amides is 1. The molecular weight excluding hydrogens is 288 g/mol. The summed E-state index contributed by atoms with van der Waals surface area (Å²) in [5, 5.41) is 3.52. The molecule has 3 rings (SSSR count). The summed E-state index contributed by atoms with van der Waals surface area (Å²) in [4.78, 5) is 23.9. The maximum Gasteiger partial charge on any atom is 0.250 e. The Morgan fingerprint density at radius 3 is 2.67 bits per heavy atom. The number of halogens is 1. The van der Waals surface area contributed by atoms with Gasteiger partial charge in [0, 0.05) is 24.3 Å². The number of benzene rings is 1. The number of hydrogen-bond donors (Lipinski definition) is 1. The van der Waals surface area contributed by atoms with Gasteiger partial charge in [-0.1, -0.05) is 23.7 Å². The minimum Gasteiger partial charge on any atom is -0.324 e. The van der Waals surface area contributed by atoms with Crippen LogP contribution in [0.4, 0.5) is 5.69 Å². The molecule has 0 atom stereocenters. The van der Waals surface area contributed by atoms with E-state index in [4.69, 9.17) is 11.6 Å². The molecule has 0 aliphatic heterocycles. The molecule has 1 aliphatic rings. The highest BCUT2D eigenvalue weighted by Crippen LogP contribution is 2.49. The quantitative estimate of drug-likeness (QED) is 0.948. The first-order valence-electron chi connectivity index (χ1n) is 6.75. The van der Waals surface area contributed by atoms with Crippen molar-refractivity contribution in [3.63, 3.8) is 0 Å². The van der Waals surface area contributed by atoms with Crippen molar-refractivity contribution in [2.75, 3.05) is 5.32 Å². The van der Waals surface area contributed by atoms with E-state index in [-0.39, 0.29) is 11.5 Å². The fourth-order valence-electron chi connectivity index (χ4n) is 2.48. The number of aryl methyl sites for hydroxylation is 1. The lowest BCUT2D eigenvalue weighted by atomic mass is 9.95. The van der Waals surface area contributed by atoms with Gasteiger partial charge in [0.1, 0.15) is 0 Å². The van der Waals surface area contributed by atoms with Gasteiger partial charge < -0.3 is 9.88 Å². The third kappa shape index (κ3) is 2.59. The van der Waals surface area contributed by atoms with Crippen molar-refractivity contribution < 1.29 is 4.79 Å². The summed E-state index contributed by atoms with van der Waals surface area (Å²) in [5.41, 5.74) is 0.969. The highest BCUT2D eigenvalue weighted by atomic mass is 35.5. The smallest absolute Gasteiger partial charge is 0.250 e. The summed E-state index contributed by atoms with van der Waals surface area (Å²) in [6.45, 7) is 0.